The molecule has 0 aliphatic carbocycles. The van der Waals surface area contributed by atoms with Crippen molar-refractivity contribution in [2.24, 2.45) is 17.6 Å². The topological polar surface area (TPSA) is 256 Å². The molecule has 60 heavy (non-hydrogen) atoms. The number of hydrogen-bond donors (Lipinski definition) is 8. The van der Waals surface area contributed by atoms with Crippen LogP contribution >= 0.6 is 0 Å². The average molecular weight is 831 g/mol. The predicted octanol–water partition coefficient (Wildman–Crippen LogP) is 1.33. The first-order chi connectivity index (χ1) is 28.6. The number of amides is 6. The fourth-order valence-corrected chi connectivity index (χ4v) is 8.03. The number of phenols is 1. The first kappa shape index (κ1) is 45.1. The normalized spacial score (nSPS) is 18.5. The fourth-order valence-electron chi connectivity index (χ4n) is 8.03. The molecule has 3 aromatic rings. The molecule has 3 heterocycles. The van der Waals surface area contributed by atoms with Crippen LogP contribution in [0.2, 0.25) is 0 Å². The number of nitrogens with one attached hydrogen (secondary N) is 5. The van der Waals surface area contributed by atoms with Gasteiger partial charge in [0.1, 0.15) is 42.0 Å². The van der Waals surface area contributed by atoms with E-state index in [1.54, 1.807) is 32.2 Å². The number of fused-ring (bicyclic) bond motifs is 1. The number of carboxylic acids is 1. The van der Waals surface area contributed by atoms with Crippen LogP contribution in [0.25, 0.3) is 10.9 Å². The molecule has 2 saturated heterocycles. The number of H-pyrrole nitrogens is 1. The van der Waals surface area contributed by atoms with E-state index >= 15 is 0 Å². The number of carbonyl (C=O) groups excluding carboxylic acids is 6. The molecule has 0 spiro atoms. The van der Waals surface area contributed by atoms with Gasteiger partial charge in [0.05, 0.1) is 6.54 Å². The van der Waals surface area contributed by atoms with Gasteiger partial charge < -0.3 is 52.0 Å². The predicted molar refractivity (Wildman–Crippen MR) is 222 cm³/mol. The zero-order chi connectivity index (χ0) is 43.7. The maximum absolute atomic E-state index is 14.2. The second-order valence-corrected chi connectivity index (χ2v) is 16.5. The summed E-state index contributed by atoms with van der Waals surface area (Å²) in [4.78, 5) is 101. The Kier molecular flexibility index (Phi) is 15.3. The van der Waals surface area contributed by atoms with Gasteiger partial charge in [0, 0.05) is 43.0 Å². The van der Waals surface area contributed by atoms with E-state index in [2.05, 4.69) is 26.3 Å². The first-order valence-corrected chi connectivity index (χ1v) is 20.6. The van der Waals surface area contributed by atoms with Crippen molar-refractivity contribution in [3.05, 3.63) is 65.9 Å². The van der Waals surface area contributed by atoms with E-state index in [0.717, 1.165) is 16.5 Å². The van der Waals surface area contributed by atoms with Crippen LogP contribution in [0.4, 0.5) is 0 Å². The van der Waals surface area contributed by atoms with Gasteiger partial charge in [-0.05, 0) is 73.3 Å². The van der Waals surface area contributed by atoms with Crippen LogP contribution in [0.5, 0.6) is 5.75 Å². The lowest BCUT2D eigenvalue weighted by molar-refractivity contribution is -0.149. The van der Waals surface area contributed by atoms with Gasteiger partial charge in [0.25, 0.3) is 0 Å². The number of hydrogen-bond acceptors (Lipinski definition) is 9. The zero-order valence-corrected chi connectivity index (χ0v) is 34.6. The molecule has 2 aromatic carbocycles. The maximum Gasteiger partial charge on any atom is 0.326 e. The highest BCUT2D eigenvalue weighted by Gasteiger charge is 2.42. The van der Waals surface area contributed by atoms with Crippen LogP contribution in [0.15, 0.2) is 54.7 Å². The zero-order valence-electron chi connectivity index (χ0n) is 34.6. The summed E-state index contributed by atoms with van der Waals surface area (Å²) in [5.41, 5.74) is 7.75. The molecule has 17 heteroatoms. The Morgan fingerprint density at radius 3 is 2.03 bits per heavy atom. The van der Waals surface area contributed by atoms with E-state index in [0.29, 0.717) is 31.2 Å². The second kappa shape index (κ2) is 20.3. The minimum Gasteiger partial charge on any atom is -0.508 e. The molecule has 2 aliphatic heterocycles. The van der Waals surface area contributed by atoms with E-state index < -0.39 is 83.6 Å². The molecule has 0 radical (unpaired) electrons. The molecule has 6 amide bonds. The van der Waals surface area contributed by atoms with Gasteiger partial charge in [0.2, 0.25) is 35.4 Å². The summed E-state index contributed by atoms with van der Waals surface area (Å²) in [7, 11) is 0. The number of rotatable bonds is 18. The molecule has 17 nitrogen and oxygen atoms in total. The fraction of sp³-hybridized carbons (Fsp3) is 0.512. The molecule has 6 atom stereocenters. The number of para-hydroxylation sites is 1. The Morgan fingerprint density at radius 2 is 1.40 bits per heavy atom. The molecular weight excluding hydrogens is 773 g/mol. The highest BCUT2D eigenvalue weighted by molar-refractivity contribution is 5.97. The number of likely N-dealkylation sites (tertiary alicyclic amines) is 2. The molecule has 0 saturated carbocycles. The van der Waals surface area contributed by atoms with Crippen molar-refractivity contribution in [1.82, 2.24) is 36.1 Å². The van der Waals surface area contributed by atoms with E-state index in [1.807, 2.05) is 38.1 Å². The van der Waals surface area contributed by atoms with Crippen LogP contribution in [-0.2, 0) is 46.4 Å². The lowest BCUT2D eigenvalue weighted by Crippen LogP contribution is -2.60. The van der Waals surface area contributed by atoms with E-state index in [-0.39, 0.29) is 50.6 Å². The smallest absolute Gasteiger partial charge is 0.326 e. The van der Waals surface area contributed by atoms with Crippen molar-refractivity contribution in [3.63, 3.8) is 0 Å². The summed E-state index contributed by atoms with van der Waals surface area (Å²) in [5, 5.41) is 31.5. The quantitative estimate of drug-likeness (QED) is 0.0913. The van der Waals surface area contributed by atoms with Crippen molar-refractivity contribution in [1.29, 1.82) is 0 Å². The Labute approximate surface area is 349 Å². The minimum absolute atomic E-state index is 0.0329. The van der Waals surface area contributed by atoms with Crippen LogP contribution in [0, 0.1) is 11.8 Å². The van der Waals surface area contributed by atoms with Gasteiger partial charge in [-0.3, -0.25) is 28.8 Å². The second-order valence-electron chi connectivity index (χ2n) is 16.5. The first-order valence-electron chi connectivity index (χ1n) is 20.6. The van der Waals surface area contributed by atoms with Crippen molar-refractivity contribution in [2.75, 3.05) is 19.6 Å². The molecule has 0 bridgehead atoms. The summed E-state index contributed by atoms with van der Waals surface area (Å²) < 4.78 is 0. The molecule has 2 aliphatic rings. The number of nitrogens with two attached hydrogens (primary N) is 1. The molecule has 5 rings (SSSR count). The standard InChI is InChI=1S/C43H58N8O9/c1-24(2)19-31(38(54)48-33(41(57)51-18-8-12-35(51)43(59)60)21-27-23-45-30-10-6-5-9-29(27)30)47-40(56)34-11-7-17-50(34)42(58)37(25(3)4)49-39(55)32(46-36(53)22-44)20-26-13-15-28(52)16-14-26/h5-6,9-10,13-16,23-25,31-35,37,45,52H,7-8,11-12,17-22,44H2,1-4H3,(H,46,53)(H,47,56)(H,48,54)(H,49,55)(H,59,60). The number of nitrogens with zero attached hydrogens (tertiary/aromatic N) is 2. The van der Waals surface area contributed by atoms with E-state index in [9.17, 15) is 43.8 Å². The number of aromatic nitrogens is 1. The Balaban J connectivity index is 1.32. The lowest BCUT2D eigenvalue weighted by atomic mass is 9.99. The minimum atomic E-state index is -1.14. The van der Waals surface area contributed by atoms with Gasteiger partial charge >= 0.3 is 5.97 Å². The summed E-state index contributed by atoms with van der Waals surface area (Å²) >= 11 is 0. The van der Waals surface area contributed by atoms with E-state index in [1.165, 1.54) is 21.9 Å². The Bertz CT molecular complexity index is 2030. The molecule has 9 N–H and O–H groups in total. The van der Waals surface area contributed by atoms with Gasteiger partial charge in [-0.1, -0.05) is 58.0 Å². The maximum atomic E-state index is 14.2. The average Bonchev–Trinajstić information content (AvgIpc) is 4.00. The molecule has 324 valence electrons. The largest absolute Gasteiger partial charge is 0.508 e. The Morgan fingerprint density at radius 1 is 0.767 bits per heavy atom. The van der Waals surface area contributed by atoms with Crippen LogP contribution < -0.4 is 27.0 Å². The molecule has 1 aromatic heterocycles. The van der Waals surface area contributed by atoms with Gasteiger partial charge in [0.15, 0.2) is 0 Å². The highest BCUT2D eigenvalue weighted by atomic mass is 16.4. The highest BCUT2D eigenvalue weighted by Crippen LogP contribution is 2.25. The summed E-state index contributed by atoms with van der Waals surface area (Å²) in [6.45, 7) is 7.35. The van der Waals surface area contributed by atoms with Crippen molar-refractivity contribution >= 4 is 52.3 Å². The van der Waals surface area contributed by atoms with Gasteiger partial charge in [-0.15, -0.1) is 0 Å². The monoisotopic (exact) mass is 830 g/mol. The number of aliphatic carboxylic acids is 1. The van der Waals surface area contributed by atoms with E-state index in [4.69, 9.17) is 5.73 Å². The lowest BCUT2D eigenvalue weighted by Gasteiger charge is -2.32. The third-order valence-corrected chi connectivity index (χ3v) is 11.2. The van der Waals surface area contributed by atoms with Crippen LogP contribution in [0.1, 0.15) is 70.9 Å². The summed E-state index contributed by atoms with van der Waals surface area (Å²) in [5.74, 6) is -5.02. The number of carboxylic acid groups (broad SMARTS) is 1. The third-order valence-electron chi connectivity index (χ3n) is 11.2. The number of carbonyl (C=O) groups is 7. The third kappa shape index (κ3) is 11.2. The van der Waals surface area contributed by atoms with Crippen molar-refractivity contribution in [2.45, 2.75) is 109 Å². The number of aromatic amines is 1. The molecule has 6 unspecified atom stereocenters. The number of benzene rings is 2. The Hall–Kier alpha value is -5.97. The number of phenolic OH excluding ortho intramolecular Hbond substituents is 1. The van der Waals surface area contributed by atoms with Crippen molar-refractivity contribution in [3.8, 4) is 5.75 Å². The van der Waals surface area contributed by atoms with Gasteiger partial charge in [-0.2, -0.15) is 0 Å². The van der Waals surface area contributed by atoms with Crippen LogP contribution in [-0.4, -0.2) is 122 Å². The summed E-state index contributed by atoms with van der Waals surface area (Å²) in [6.07, 6.45) is 3.67. The number of aromatic hydroxyl groups is 1. The molecule has 2 fully saturated rings. The summed E-state index contributed by atoms with van der Waals surface area (Å²) in [6, 6.07) is 7.23. The molecular formula is C43H58N8O9. The van der Waals surface area contributed by atoms with Crippen molar-refractivity contribution < 1.29 is 43.8 Å². The van der Waals surface area contributed by atoms with Crippen LogP contribution in [0.3, 0.4) is 0 Å². The SMILES string of the molecule is CC(C)CC(NC(=O)C1CCCN1C(=O)C(NC(=O)C(Cc1ccc(O)cc1)NC(=O)CN)C(C)C)C(=O)NC(Cc1c[nH]c2ccccc12)C(=O)N1CCCC1C(=O)O. The van der Waals surface area contributed by atoms with Gasteiger partial charge in [-0.25, -0.2) is 4.79 Å².